The van der Waals surface area contributed by atoms with Crippen molar-refractivity contribution in [3.8, 4) is 0 Å². The molecule has 0 saturated heterocycles. The molecule has 0 rings (SSSR count). The van der Waals surface area contributed by atoms with Gasteiger partial charge in [-0.15, -0.1) is 0 Å². The van der Waals surface area contributed by atoms with Gasteiger partial charge in [0.25, 0.3) is 0 Å². The lowest BCUT2D eigenvalue weighted by molar-refractivity contribution is 0.106. The molecule has 0 heterocycles. The van der Waals surface area contributed by atoms with Gasteiger partial charge in [-0.1, -0.05) is 33.6 Å². The number of aliphatic hydroxyl groups is 1. The van der Waals surface area contributed by atoms with Crippen LogP contribution in [0.25, 0.3) is 0 Å². The average Bonchev–Trinajstić information content (AvgIpc) is 1.98. The highest BCUT2D eigenvalue weighted by atomic mass is 16.3. The first kappa shape index (κ1) is 9.96. The van der Waals surface area contributed by atoms with Gasteiger partial charge in [0.2, 0.25) is 0 Å². The van der Waals surface area contributed by atoms with Crippen LogP contribution in [0, 0.1) is 12.8 Å². The Bertz CT molecular complexity index is 71.1. The first-order valence-corrected chi connectivity index (χ1v) is 4.19. The molecule has 61 valence electrons. The Hall–Kier alpha value is -0.0400. The highest BCUT2D eigenvalue weighted by Gasteiger charge is 2.10. The van der Waals surface area contributed by atoms with Crippen LogP contribution in [0.3, 0.4) is 0 Å². The number of hydrogen-bond donors (Lipinski definition) is 1. The van der Waals surface area contributed by atoms with E-state index < -0.39 is 0 Å². The average molecular weight is 143 g/mol. The Kier molecular flexibility index (Phi) is 5.70. The van der Waals surface area contributed by atoms with Crippen molar-refractivity contribution in [1.82, 2.24) is 0 Å². The van der Waals surface area contributed by atoms with Crippen molar-refractivity contribution >= 4 is 0 Å². The van der Waals surface area contributed by atoms with E-state index in [1.165, 1.54) is 6.42 Å². The number of rotatable bonds is 5. The number of hydrogen-bond acceptors (Lipinski definition) is 1. The van der Waals surface area contributed by atoms with E-state index in [0.29, 0.717) is 5.92 Å². The van der Waals surface area contributed by atoms with Crippen molar-refractivity contribution in [2.24, 2.45) is 5.92 Å². The molecule has 0 aliphatic carbocycles. The Labute approximate surface area is 64.5 Å². The summed E-state index contributed by atoms with van der Waals surface area (Å²) in [5.74, 6) is 0.367. The summed E-state index contributed by atoms with van der Waals surface area (Å²) < 4.78 is 0. The van der Waals surface area contributed by atoms with Gasteiger partial charge in [0.05, 0.1) is 6.10 Å². The second kappa shape index (κ2) is 5.72. The van der Waals surface area contributed by atoms with Gasteiger partial charge < -0.3 is 5.11 Å². The lowest BCUT2D eigenvalue weighted by Crippen LogP contribution is -2.16. The van der Waals surface area contributed by atoms with Crippen LogP contribution < -0.4 is 0 Å². The summed E-state index contributed by atoms with van der Waals surface area (Å²) in [6, 6.07) is 0. The Morgan fingerprint density at radius 1 is 1.50 bits per heavy atom. The minimum absolute atomic E-state index is 0.127. The van der Waals surface area contributed by atoms with E-state index in [2.05, 4.69) is 13.8 Å². The fourth-order valence-electron chi connectivity index (χ4n) is 0.890. The monoisotopic (exact) mass is 143 g/mol. The largest absolute Gasteiger partial charge is 0.393 e. The lowest BCUT2D eigenvalue weighted by atomic mass is 9.98. The maximum absolute atomic E-state index is 9.41. The minimum atomic E-state index is -0.127. The highest BCUT2D eigenvalue weighted by molar-refractivity contribution is 4.64. The normalized spacial score (nSPS) is 16.8. The van der Waals surface area contributed by atoms with Gasteiger partial charge in [-0.3, -0.25) is 0 Å². The summed E-state index contributed by atoms with van der Waals surface area (Å²) in [5.41, 5.74) is 0. The molecule has 0 aliphatic rings. The van der Waals surface area contributed by atoms with Crippen LogP contribution in [-0.4, -0.2) is 11.2 Å². The Morgan fingerprint density at radius 3 is 2.50 bits per heavy atom. The summed E-state index contributed by atoms with van der Waals surface area (Å²) in [5, 5.41) is 9.41. The molecular weight excluding hydrogens is 124 g/mol. The van der Waals surface area contributed by atoms with Crippen molar-refractivity contribution in [1.29, 1.82) is 0 Å². The van der Waals surface area contributed by atoms with Gasteiger partial charge in [0.15, 0.2) is 0 Å². The van der Waals surface area contributed by atoms with E-state index in [9.17, 15) is 5.11 Å². The lowest BCUT2D eigenvalue weighted by Gasteiger charge is -2.15. The maximum atomic E-state index is 9.41. The zero-order valence-electron chi connectivity index (χ0n) is 7.14. The molecule has 0 amide bonds. The van der Waals surface area contributed by atoms with Crippen molar-refractivity contribution < 1.29 is 5.11 Å². The summed E-state index contributed by atoms with van der Waals surface area (Å²) in [4.78, 5) is 0. The van der Waals surface area contributed by atoms with Crippen LogP contribution in [0.4, 0.5) is 0 Å². The zero-order valence-corrected chi connectivity index (χ0v) is 7.14. The van der Waals surface area contributed by atoms with Crippen molar-refractivity contribution in [2.75, 3.05) is 0 Å². The van der Waals surface area contributed by atoms with Gasteiger partial charge in [-0.25, -0.2) is 0 Å². The van der Waals surface area contributed by atoms with Gasteiger partial charge in [0, 0.05) is 0 Å². The molecule has 0 spiro atoms. The van der Waals surface area contributed by atoms with E-state index in [1.54, 1.807) is 0 Å². The maximum Gasteiger partial charge on any atom is 0.0565 e. The first-order chi connectivity index (χ1) is 4.72. The molecule has 0 bridgehead atoms. The molecule has 1 radical (unpaired) electrons. The second-order valence-electron chi connectivity index (χ2n) is 2.98. The van der Waals surface area contributed by atoms with Gasteiger partial charge in [0.1, 0.15) is 0 Å². The molecule has 1 heteroatoms. The smallest absolute Gasteiger partial charge is 0.0565 e. The molecule has 0 aromatic rings. The first-order valence-electron chi connectivity index (χ1n) is 4.19. The summed E-state index contributed by atoms with van der Waals surface area (Å²) in [6.07, 6.45) is 3.95. The predicted octanol–water partition coefficient (Wildman–Crippen LogP) is 2.40. The van der Waals surface area contributed by atoms with Crippen molar-refractivity contribution in [3.63, 3.8) is 0 Å². The molecule has 0 fully saturated rings. The standard InChI is InChI=1S/C9H19O/c1-4-6-7-9(10)8(3)5-2/h8-10H,2,4-7H2,1,3H3. The van der Waals surface area contributed by atoms with E-state index in [0.717, 1.165) is 19.3 Å². The highest BCUT2D eigenvalue weighted by Crippen LogP contribution is 2.12. The topological polar surface area (TPSA) is 20.2 Å². The molecule has 0 aromatic heterocycles. The number of unbranched alkanes of at least 4 members (excludes halogenated alkanes) is 1. The molecule has 10 heavy (non-hydrogen) atoms. The second-order valence-corrected chi connectivity index (χ2v) is 2.98. The van der Waals surface area contributed by atoms with Crippen molar-refractivity contribution in [3.05, 3.63) is 6.92 Å². The van der Waals surface area contributed by atoms with Crippen LogP contribution in [0.15, 0.2) is 0 Å². The third kappa shape index (κ3) is 3.89. The summed E-state index contributed by atoms with van der Waals surface area (Å²) >= 11 is 0. The third-order valence-electron chi connectivity index (χ3n) is 1.97. The molecule has 1 nitrogen and oxygen atoms in total. The van der Waals surface area contributed by atoms with E-state index in [4.69, 9.17) is 0 Å². The summed E-state index contributed by atoms with van der Waals surface area (Å²) in [7, 11) is 0. The quantitative estimate of drug-likeness (QED) is 0.626. The van der Waals surface area contributed by atoms with E-state index in [-0.39, 0.29) is 6.10 Å². The minimum Gasteiger partial charge on any atom is -0.393 e. The van der Waals surface area contributed by atoms with Gasteiger partial charge in [-0.2, -0.15) is 0 Å². The van der Waals surface area contributed by atoms with Crippen LogP contribution in [0.5, 0.6) is 0 Å². The summed E-state index contributed by atoms with van der Waals surface area (Å²) in [6.45, 7) is 7.94. The molecule has 0 aliphatic heterocycles. The van der Waals surface area contributed by atoms with Crippen LogP contribution >= 0.6 is 0 Å². The van der Waals surface area contributed by atoms with Crippen LogP contribution in [0.1, 0.15) is 39.5 Å². The third-order valence-corrected chi connectivity index (χ3v) is 1.97. The molecular formula is C9H19O. The number of aliphatic hydroxyl groups excluding tert-OH is 1. The Morgan fingerprint density at radius 2 is 2.10 bits per heavy atom. The molecule has 0 aromatic carbocycles. The SMILES string of the molecule is [CH2]CC(C)C(O)CCCC. The Balaban J connectivity index is 3.31. The van der Waals surface area contributed by atoms with E-state index in [1.807, 2.05) is 6.92 Å². The fourth-order valence-corrected chi connectivity index (χ4v) is 0.890. The fraction of sp³-hybridized carbons (Fsp3) is 0.889. The van der Waals surface area contributed by atoms with Crippen molar-refractivity contribution in [2.45, 2.75) is 45.6 Å². The predicted molar refractivity (Wildman–Crippen MR) is 44.7 cm³/mol. The van der Waals surface area contributed by atoms with Gasteiger partial charge >= 0.3 is 0 Å². The van der Waals surface area contributed by atoms with Crippen LogP contribution in [-0.2, 0) is 0 Å². The zero-order chi connectivity index (χ0) is 7.98. The molecule has 1 N–H and O–H groups in total. The molecule has 2 atom stereocenters. The van der Waals surface area contributed by atoms with Gasteiger partial charge in [-0.05, 0) is 18.8 Å². The molecule has 2 unspecified atom stereocenters. The molecule has 0 saturated carbocycles. The van der Waals surface area contributed by atoms with Crippen LogP contribution in [0.2, 0.25) is 0 Å². The van der Waals surface area contributed by atoms with E-state index >= 15 is 0 Å².